The summed E-state index contributed by atoms with van der Waals surface area (Å²) in [4.78, 5) is 18.2. The van der Waals surface area contributed by atoms with Crippen molar-refractivity contribution in [3.8, 4) is 5.69 Å². The Kier molecular flexibility index (Phi) is 6.36. The maximum atomic E-state index is 13.2. The maximum absolute atomic E-state index is 13.2. The first-order valence-corrected chi connectivity index (χ1v) is 11.7. The van der Waals surface area contributed by atoms with Crippen molar-refractivity contribution >= 4 is 16.9 Å². The van der Waals surface area contributed by atoms with Gasteiger partial charge < -0.3 is 10.6 Å². The van der Waals surface area contributed by atoms with Gasteiger partial charge in [-0.15, -0.1) is 0 Å². The van der Waals surface area contributed by atoms with E-state index >= 15 is 0 Å². The quantitative estimate of drug-likeness (QED) is 0.385. The molecule has 0 saturated carbocycles. The lowest BCUT2D eigenvalue weighted by atomic mass is 10.1. The number of hydrogen-bond donors (Lipinski definition) is 2. The van der Waals surface area contributed by atoms with Crippen LogP contribution in [0.5, 0.6) is 0 Å². The van der Waals surface area contributed by atoms with Crippen LogP contribution in [0, 0.1) is 6.92 Å². The fraction of sp³-hybridized carbons (Fsp3) is 0.172. The third-order valence-corrected chi connectivity index (χ3v) is 6.05. The molecular formula is C29H28N4O. The predicted octanol–water partition coefficient (Wildman–Crippen LogP) is 5.63. The standard InChI is InChI=1S/C29H28N4O/c1-21-23(20-30-19-22-11-5-2-6-12-22)17-26-27(34)18-28(32-24-13-7-3-8-14-24)33(29(26)31-21)25-15-9-4-10-16-25/h2,4-7,9-18,30,32H,3,8,19-20H2,1H3. The summed E-state index contributed by atoms with van der Waals surface area (Å²) < 4.78 is 2.04. The second-order valence-corrected chi connectivity index (χ2v) is 8.52. The summed E-state index contributed by atoms with van der Waals surface area (Å²) >= 11 is 0. The van der Waals surface area contributed by atoms with Crippen molar-refractivity contribution < 1.29 is 0 Å². The van der Waals surface area contributed by atoms with E-state index in [9.17, 15) is 4.79 Å². The highest BCUT2D eigenvalue weighted by Crippen LogP contribution is 2.25. The summed E-state index contributed by atoms with van der Waals surface area (Å²) in [6.45, 7) is 3.41. The molecule has 0 bridgehead atoms. The SMILES string of the molecule is Cc1nc2c(cc1CNCc1ccccc1)c(=O)cc(NC1=CCCC=C1)n2-c1ccccc1. The van der Waals surface area contributed by atoms with Crippen molar-refractivity contribution in [2.75, 3.05) is 5.32 Å². The minimum absolute atomic E-state index is 0.0399. The number of aryl methyl sites for hydroxylation is 1. The van der Waals surface area contributed by atoms with E-state index in [1.807, 2.05) is 66.1 Å². The monoisotopic (exact) mass is 448 g/mol. The molecule has 5 nitrogen and oxygen atoms in total. The van der Waals surface area contributed by atoms with Gasteiger partial charge in [0.25, 0.3) is 0 Å². The first-order chi connectivity index (χ1) is 16.7. The van der Waals surface area contributed by atoms with Crippen molar-refractivity contribution in [2.24, 2.45) is 0 Å². The first kappa shape index (κ1) is 21.9. The highest BCUT2D eigenvalue weighted by molar-refractivity contribution is 5.81. The lowest BCUT2D eigenvalue weighted by Crippen LogP contribution is -2.18. The maximum Gasteiger partial charge on any atom is 0.193 e. The van der Waals surface area contributed by atoms with E-state index in [0.717, 1.165) is 42.0 Å². The molecule has 5 heteroatoms. The molecule has 2 aromatic heterocycles. The number of hydrogen-bond acceptors (Lipinski definition) is 4. The number of pyridine rings is 2. The number of para-hydroxylation sites is 1. The highest BCUT2D eigenvalue weighted by Gasteiger charge is 2.15. The van der Waals surface area contributed by atoms with E-state index in [1.165, 1.54) is 5.56 Å². The Bertz CT molecular complexity index is 1420. The fourth-order valence-corrected chi connectivity index (χ4v) is 4.27. The zero-order valence-corrected chi connectivity index (χ0v) is 19.3. The Labute approximate surface area is 199 Å². The number of fused-ring (bicyclic) bond motifs is 1. The van der Waals surface area contributed by atoms with Gasteiger partial charge in [-0.2, -0.15) is 0 Å². The molecule has 4 aromatic rings. The molecule has 2 heterocycles. The van der Waals surface area contributed by atoms with Crippen LogP contribution in [0.1, 0.15) is 29.7 Å². The molecule has 0 spiro atoms. The van der Waals surface area contributed by atoms with Gasteiger partial charge in [0, 0.05) is 36.2 Å². The van der Waals surface area contributed by atoms with Gasteiger partial charge in [-0.05, 0) is 55.2 Å². The Morgan fingerprint density at radius 2 is 1.71 bits per heavy atom. The molecule has 2 N–H and O–H groups in total. The van der Waals surface area contributed by atoms with Crippen molar-refractivity contribution in [2.45, 2.75) is 32.9 Å². The van der Waals surface area contributed by atoms with Gasteiger partial charge in [-0.1, -0.05) is 60.7 Å². The van der Waals surface area contributed by atoms with Crippen molar-refractivity contribution in [3.63, 3.8) is 0 Å². The van der Waals surface area contributed by atoms with Crippen LogP contribution >= 0.6 is 0 Å². The number of aromatic nitrogens is 2. The van der Waals surface area contributed by atoms with Gasteiger partial charge in [-0.25, -0.2) is 4.98 Å². The molecule has 0 unspecified atom stereocenters. The Hall–Kier alpha value is -3.96. The van der Waals surface area contributed by atoms with Gasteiger partial charge in [-0.3, -0.25) is 9.36 Å². The van der Waals surface area contributed by atoms with Gasteiger partial charge >= 0.3 is 0 Å². The lowest BCUT2D eigenvalue weighted by molar-refractivity contribution is 0.688. The molecule has 0 fully saturated rings. The van der Waals surface area contributed by atoms with E-state index < -0.39 is 0 Å². The third kappa shape index (κ3) is 4.70. The molecule has 5 rings (SSSR count). The molecule has 0 atom stereocenters. The average Bonchev–Trinajstić information content (AvgIpc) is 2.87. The number of nitrogens with one attached hydrogen (secondary N) is 2. The molecule has 1 aliphatic carbocycles. The summed E-state index contributed by atoms with van der Waals surface area (Å²) in [5, 5.41) is 7.55. The van der Waals surface area contributed by atoms with Crippen LogP contribution in [-0.2, 0) is 13.1 Å². The summed E-state index contributed by atoms with van der Waals surface area (Å²) in [7, 11) is 0. The number of allylic oxidation sites excluding steroid dienone is 3. The number of anilines is 1. The minimum atomic E-state index is -0.0399. The topological polar surface area (TPSA) is 59.0 Å². The van der Waals surface area contributed by atoms with E-state index in [2.05, 4.69) is 41.0 Å². The first-order valence-electron chi connectivity index (χ1n) is 11.7. The van der Waals surface area contributed by atoms with E-state index in [4.69, 9.17) is 4.98 Å². The van der Waals surface area contributed by atoms with Gasteiger partial charge in [0.05, 0.1) is 5.39 Å². The molecular weight excluding hydrogens is 420 g/mol. The van der Waals surface area contributed by atoms with Crippen molar-refractivity contribution in [1.29, 1.82) is 0 Å². The van der Waals surface area contributed by atoms with Crippen LogP contribution in [-0.4, -0.2) is 9.55 Å². The third-order valence-electron chi connectivity index (χ3n) is 6.05. The van der Waals surface area contributed by atoms with Crippen LogP contribution in [0.4, 0.5) is 5.82 Å². The smallest absolute Gasteiger partial charge is 0.193 e. The molecule has 0 amide bonds. The van der Waals surface area contributed by atoms with Crippen molar-refractivity contribution in [1.82, 2.24) is 14.9 Å². The van der Waals surface area contributed by atoms with Gasteiger partial charge in [0.2, 0.25) is 0 Å². The summed E-state index contributed by atoms with van der Waals surface area (Å²) in [6, 6.07) is 24.0. The molecule has 2 aromatic carbocycles. The number of benzene rings is 2. The second kappa shape index (κ2) is 9.89. The lowest BCUT2D eigenvalue weighted by Gasteiger charge is -2.20. The molecule has 170 valence electrons. The summed E-state index contributed by atoms with van der Waals surface area (Å²) in [5.74, 6) is 0.711. The average molecular weight is 449 g/mol. The second-order valence-electron chi connectivity index (χ2n) is 8.52. The van der Waals surface area contributed by atoms with Crippen LogP contribution in [0.15, 0.2) is 102 Å². The number of rotatable bonds is 7. The van der Waals surface area contributed by atoms with Crippen LogP contribution < -0.4 is 16.1 Å². The molecule has 0 radical (unpaired) electrons. The molecule has 34 heavy (non-hydrogen) atoms. The van der Waals surface area contributed by atoms with Gasteiger partial charge in [0.15, 0.2) is 5.43 Å². The largest absolute Gasteiger partial charge is 0.341 e. The molecule has 0 aliphatic heterocycles. The summed E-state index contributed by atoms with van der Waals surface area (Å²) in [6.07, 6.45) is 8.39. The Morgan fingerprint density at radius 3 is 2.44 bits per heavy atom. The Balaban J connectivity index is 1.55. The van der Waals surface area contributed by atoms with Crippen LogP contribution in [0.2, 0.25) is 0 Å². The van der Waals surface area contributed by atoms with Crippen molar-refractivity contribution in [3.05, 3.63) is 124 Å². The van der Waals surface area contributed by atoms with E-state index in [-0.39, 0.29) is 5.43 Å². The van der Waals surface area contributed by atoms with Crippen LogP contribution in [0.3, 0.4) is 0 Å². The summed E-state index contributed by atoms with van der Waals surface area (Å²) in [5.41, 5.74) is 5.73. The zero-order chi connectivity index (χ0) is 23.3. The van der Waals surface area contributed by atoms with E-state index in [1.54, 1.807) is 6.07 Å². The fourth-order valence-electron chi connectivity index (χ4n) is 4.27. The normalized spacial score (nSPS) is 13.1. The highest BCUT2D eigenvalue weighted by atomic mass is 16.1. The molecule has 0 saturated heterocycles. The molecule has 1 aliphatic rings. The van der Waals surface area contributed by atoms with Crippen LogP contribution in [0.25, 0.3) is 16.7 Å². The number of nitrogens with zero attached hydrogens (tertiary/aromatic N) is 2. The zero-order valence-electron chi connectivity index (χ0n) is 19.3. The van der Waals surface area contributed by atoms with E-state index in [0.29, 0.717) is 23.4 Å². The van der Waals surface area contributed by atoms with Gasteiger partial charge in [0.1, 0.15) is 11.5 Å². The minimum Gasteiger partial charge on any atom is -0.341 e. The predicted molar refractivity (Wildman–Crippen MR) is 139 cm³/mol. The Morgan fingerprint density at radius 1 is 0.941 bits per heavy atom.